The maximum atomic E-state index is 12.7. The SMILES string of the molecule is CCCS(=O)(=O)c1ccccc1C(=O)NCc1cccc(NC(=O)c2ccco2)c1. The minimum absolute atomic E-state index is 0.0191. The van der Waals surface area contributed by atoms with Crippen molar-refractivity contribution in [2.45, 2.75) is 24.8 Å². The van der Waals surface area contributed by atoms with Crippen LogP contribution in [0.4, 0.5) is 5.69 Å². The largest absolute Gasteiger partial charge is 0.459 e. The Morgan fingerprint density at radius 1 is 0.967 bits per heavy atom. The van der Waals surface area contributed by atoms with E-state index in [2.05, 4.69) is 10.6 Å². The molecule has 0 unspecified atom stereocenters. The molecule has 0 saturated heterocycles. The van der Waals surface area contributed by atoms with Crippen molar-refractivity contribution in [1.82, 2.24) is 5.32 Å². The van der Waals surface area contributed by atoms with Gasteiger partial charge in [0.05, 0.1) is 22.5 Å². The van der Waals surface area contributed by atoms with Gasteiger partial charge in [-0.1, -0.05) is 31.2 Å². The second-order valence-corrected chi connectivity index (χ2v) is 8.71. The summed E-state index contributed by atoms with van der Waals surface area (Å²) in [6.45, 7) is 1.95. The van der Waals surface area contributed by atoms with Crippen molar-refractivity contribution in [2.24, 2.45) is 0 Å². The Labute approximate surface area is 175 Å². The first-order valence-corrected chi connectivity index (χ1v) is 11.1. The van der Waals surface area contributed by atoms with Crippen molar-refractivity contribution >= 4 is 27.3 Å². The summed E-state index contributed by atoms with van der Waals surface area (Å²) < 4.78 is 30.0. The van der Waals surface area contributed by atoms with Gasteiger partial charge in [0.15, 0.2) is 15.6 Å². The highest BCUT2D eigenvalue weighted by atomic mass is 32.2. The number of sulfone groups is 1. The van der Waals surface area contributed by atoms with E-state index in [1.54, 1.807) is 55.5 Å². The summed E-state index contributed by atoms with van der Waals surface area (Å²) in [6, 6.07) is 16.3. The predicted octanol–water partition coefficient (Wildman–Crippen LogP) is 3.65. The lowest BCUT2D eigenvalue weighted by Crippen LogP contribution is -2.25. The minimum Gasteiger partial charge on any atom is -0.459 e. The summed E-state index contributed by atoms with van der Waals surface area (Å²) >= 11 is 0. The molecule has 0 radical (unpaired) electrons. The van der Waals surface area contributed by atoms with Crippen LogP contribution in [0.15, 0.2) is 76.2 Å². The van der Waals surface area contributed by atoms with Gasteiger partial charge in [0.1, 0.15) is 0 Å². The molecular formula is C22H22N2O5S. The third kappa shape index (κ3) is 5.15. The zero-order valence-corrected chi connectivity index (χ0v) is 17.2. The number of furan rings is 1. The molecule has 1 heterocycles. The van der Waals surface area contributed by atoms with Crippen LogP contribution in [-0.4, -0.2) is 26.0 Å². The maximum Gasteiger partial charge on any atom is 0.291 e. The molecule has 0 aliphatic carbocycles. The van der Waals surface area contributed by atoms with E-state index in [0.717, 1.165) is 5.56 Å². The van der Waals surface area contributed by atoms with Crippen LogP contribution < -0.4 is 10.6 Å². The molecule has 8 heteroatoms. The Balaban J connectivity index is 1.69. The van der Waals surface area contributed by atoms with Crippen molar-refractivity contribution in [3.8, 4) is 0 Å². The van der Waals surface area contributed by atoms with E-state index in [9.17, 15) is 18.0 Å². The lowest BCUT2D eigenvalue weighted by molar-refractivity contribution is 0.0946. The molecule has 1 aromatic heterocycles. The number of amides is 2. The normalized spacial score (nSPS) is 11.1. The van der Waals surface area contributed by atoms with Gasteiger partial charge in [-0.05, 0) is 48.4 Å². The summed E-state index contributed by atoms with van der Waals surface area (Å²) in [5, 5.41) is 5.47. The Bertz CT molecular complexity index is 1140. The summed E-state index contributed by atoms with van der Waals surface area (Å²) in [7, 11) is -3.53. The Hall–Kier alpha value is -3.39. The molecule has 0 aliphatic rings. The molecule has 156 valence electrons. The molecule has 30 heavy (non-hydrogen) atoms. The van der Waals surface area contributed by atoms with Gasteiger partial charge in [-0.15, -0.1) is 0 Å². The lowest BCUT2D eigenvalue weighted by Gasteiger charge is -2.11. The first kappa shape index (κ1) is 21.3. The fourth-order valence-electron chi connectivity index (χ4n) is 2.94. The van der Waals surface area contributed by atoms with E-state index in [0.29, 0.717) is 12.1 Å². The second-order valence-electron chi connectivity index (χ2n) is 6.63. The highest BCUT2D eigenvalue weighted by Crippen LogP contribution is 2.18. The monoisotopic (exact) mass is 426 g/mol. The van der Waals surface area contributed by atoms with E-state index < -0.39 is 15.7 Å². The predicted molar refractivity (Wildman–Crippen MR) is 113 cm³/mol. The van der Waals surface area contributed by atoms with Crippen LogP contribution in [0.2, 0.25) is 0 Å². The average Bonchev–Trinajstić information content (AvgIpc) is 3.27. The Morgan fingerprint density at radius 2 is 1.77 bits per heavy atom. The summed E-state index contributed by atoms with van der Waals surface area (Å²) in [6.07, 6.45) is 1.88. The zero-order valence-electron chi connectivity index (χ0n) is 16.4. The first-order valence-electron chi connectivity index (χ1n) is 9.44. The third-order valence-corrected chi connectivity index (χ3v) is 6.29. The highest BCUT2D eigenvalue weighted by Gasteiger charge is 2.21. The molecule has 2 amide bonds. The summed E-state index contributed by atoms with van der Waals surface area (Å²) in [4.78, 5) is 24.8. The van der Waals surface area contributed by atoms with Crippen LogP contribution in [0.25, 0.3) is 0 Å². The van der Waals surface area contributed by atoms with Gasteiger partial charge in [0, 0.05) is 12.2 Å². The van der Waals surface area contributed by atoms with Crippen LogP contribution in [0, 0.1) is 0 Å². The van der Waals surface area contributed by atoms with Crippen LogP contribution in [0.5, 0.6) is 0 Å². The summed E-state index contributed by atoms with van der Waals surface area (Å²) in [5.41, 5.74) is 1.41. The fraction of sp³-hybridized carbons (Fsp3) is 0.182. The van der Waals surface area contributed by atoms with Crippen molar-refractivity contribution in [3.63, 3.8) is 0 Å². The van der Waals surface area contributed by atoms with Crippen molar-refractivity contribution in [2.75, 3.05) is 11.1 Å². The van der Waals surface area contributed by atoms with E-state index in [1.807, 2.05) is 0 Å². The number of carbonyl (C=O) groups is 2. The molecule has 2 N–H and O–H groups in total. The average molecular weight is 426 g/mol. The molecule has 3 aromatic rings. The van der Waals surface area contributed by atoms with Gasteiger partial charge in [-0.25, -0.2) is 8.42 Å². The lowest BCUT2D eigenvalue weighted by atomic mass is 10.1. The number of hydrogen-bond acceptors (Lipinski definition) is 5. The van der Waals surface area contributed by atoms with Crippen molar-refractivity contribution < 1.29 is 22.4 Å². The second kappa shape index (κ2) is 9.41. The number of rotatable bonds is 8. The maximum absolute atomic E-state index is 12.7. The highest BCUT2D eigenvalue weighted by molar-refractivity contribution is 7.91. The molecule has 0 aliphatic heterocycles. The Morgan fingerprint density at radius 3 is 2.50 bits per heavy atom. The molecule has 0 saturated carbocycles. The molecule has 2 aromatic carbocycles. The first-order chi connectivity index (χ1) is 14.4. The molecule has 7 nitrogen and oxygen atoms in total. The van der Waals surface area contributed by atoms with Gasteiger partial charge in [0.2, 0.25) is 0 Å². The molecule has 0 atom stereocenters. The molecule has 0 bridgehead atoms. The van der Waals surface area contributed by atoms with Crippen LogP contribution in [0.1, 0.15) is 39.8 Å². The van der Waals surface area contributed by atoms with E-state index in [-0.39, 0.29) is 34.4 Å². The van der Waals surface area contributed by atoms with Crippen LogP contribution in [-0.2, 0) is 16.4 Å². The van der Waals surface area contributed by atoms with Crippen molar-refractivity contribution in [3.05, 3.63) is 83.8 Å². The number of nitrogens with one attached hydrogen (secondary N) is 2. The quantitative estimate of drug-likeness (QED) is 0.572. The van der Waals surface area contributed by atoms with Crippen molar-refractivity contribution in [1.29, 1.82) is 0 Å². The molecular weight excluding hydrogens is 404 g/mol. The van der Waals surface area contributed by atoms with Crippen LogP contribution >= 0.6 is 0 Å². The molecule has 3 rings (SSSR count). The standard InChI is InChI=1S/C22H22N2O5S/c1-2-13-30(27,28)20-11-4-3-9-18(20)21(25)23-15-16-7-5-8-17(14-16)24-22(26)19-10-6-12-29-19/h3-12,14H,2,13,15H2,1H3,(H,23,25)(H,24,26). The van der Waals surface area contributed by atoms with Gasteiger partial charge in [0.25, 0.3) is 11.8 Å². The topological polar surface area (TPSA) is 105 Å². The smallest absolute Gasteiger partial charge is 0.291 e. The molecule has 0 spiro atoms. The third-order valence-electron chi connectivity index (χ3n) is 4.32. The number of carbonyl (C=O) groups excluding carboxylic acids is 2. The number of anilines is 1. The van der Waals surface area contributed by atoms with E-state index in [1.165, 1.54) is 18.4 Å². The molecule has 0 fully saturated rings. The van der Waals surface area contributed by atoms with Gasteiger partial charge in [-0.2, -0.15) is 0 Å². The zero-order chi connectivity index (χ0) is 21.6. The van der Waals surface area contributed by atoms with Gasteiger partial charge in [-0.3, -0.25) is 9.59 Å². The minimum atomic E-state index is -3.53. The van der Waals surface area contributed by atoms with Crippen LogP contribution in [0.3, 0.4) is 0 Å². The number of benzene rings is 2. The van der Waals surface area contributed by atoms with Gasteiger partial charge >= 0.3 is 0 Å². The van der Waals surface area contributed by atoms with E-state index in [4.69, 9.17) is 4.42 Å². The fourth-order valence-corrected chi connectivity index (χ4v) is 4.48. The number of hydrogen-bond donors (Lipinski definition) is 2. The Kier molecular flexibility index (Phi) is 6.68. The van der Waals surface area contributed by atoms with Gasteiger partial charge < -0.3 is 15.1 Å². The van der Waals surface area contributed by atoms with E-state index >= 15 is 0 Å². The summed E-state index contributed by atoms with van der Waals surface area (Å²) in [5.74, 6) is -0.681.